The van der Waals surface area contributed by atoms with Crippen molar-refractivity contribution in [3.8, 4) is 5.75 Å². The van der Waals surface area contributed by atoms with Crippen molar-refractivity contribution in [1.29, 1.82) is 0 Å². The fourth-order valence-electron chi connectivity index (χ4n) is 3.17. The highest BCUT2D eigenvalue weighted by Crippen LogP contribution is 2.30. The monoisotopic (exact) mass is 369 g/mol. The maximum atomic E-state index is 12.2. The predicted octanol–water partition coefficient (Wildman–Crippen LogP) is 4.36. The number of rotatable bonds is 5. The van der Waals surface area contributed by atoms with Gasteiger partial charge in [0.1, 0.15) is 11.3 Å². The van der Waals surface area contributed by atoms with Gasteiger partial charge in [0.15, 0.2) is 6.29 Å². The molecule has 1 aromatic heterocycles. The maximum absolute atomic E-state index is 12.2. The summed E-state index contributed by atoms with van der Waals surface area (Å²) in [5, 5.41) is 8.61. The molecule has 0 saturated heterocycles. The smallest absolute Gasteiger partial charge is 0.152 e. The van der Waals surface area contributed by atoms with E-state index < -0.39 is 0 Å². The minimum absolute atomic E-state index is 0.542. The summed E-state index contributed by atoms with van der Waals surface area (Å²) in [6.45, 7) is 2.02. The molecule has 0 bridgehead atoms. The van der Waals surface area contributed by atoms with Crippen LogP contribution in [-0.4, -0.2) is 28.4 Å². The largest absolute Gasteiger partial charge is 0.497 e. The van der Waals surface area contributed by atoms with Crippen molar-refractivity contribution in [3.63, 3.8) is 0 Å². The summed E-state index contributed by atoms with van der Waals surface area (Å²) in [5.41, 5.74) is 5.62. The van der Waals surface area contributed by atoms with Crippen molar-refractivity contribution in [1.82, 2.24) is 15.0 Å². The first-order chi connectivity index (χ1) is 13.7. The minimum atomic E-state index is 0.542. The van der Waals surface area contributed by atoms with Crippen molar-refractivity contribution in [2.45, 2.75) is 6.92 Å². The molecule has 4 aromatic rings. The number of methoxy groups -OCH3 is 1. The fraction of sp³-hybridized carbons (Fsp3) is 0.0870. The van der Waals surface area contributed by atoms with E-state index in [0.29, 0.717) is 11.3 Å². The Bertz CT molecular complexity index is 1160. The average molecular weight is 369 g/mol. The van der Waals surface area contributed by atoms with Crippen LogP contribution in [0.4, 0.5) is 0 Å². The van der Waals surface area contributed by atoms with Crippen LogP contribution < -0.4 is 4.74 Å². The zero-order valence-electron chi connectivity index (χ0n) is 15.7. The molecule has 0 saturated carbocycles. The van der Waals surface area contributed by atoms with Crippen LogP contribution in [0, 0.1) is 6.92 Å². The normalized spacial score (nSPS) is 11.9. The van der Waals surface area contributed by atoms with E-state index in [0.717, 1.165) is 39.8 Å². The maximum Gasteiger partial charge on any atom is 0.152 e. The third kappa shape index (κ3) is 3.18. The van der Waals surface area contributed by atoms with E-state index in [-0.39, 0.29) is 0 Å². The molecule has 0 atom stereocenters. The molecule has 5 heteroatoms. The molecule has 0 aliphatic rings. The molecule has 0 unspecified atom stereocenters. The topological polar surface area (TPSA) is 57.0 Å². The first-order valence-electron chi connectivity index (χ1n) is 8.93. The van der Waals surface area contributed by atoms with Gasteiger partial charge in [-0.15, -0.1) is 5.10 Å². The quantitative estimate of drug-likeness (QED) is 0.298. The van der Waals surface area contributed by atoms with Gasteiger partial charge in [-0.1, -0.05) is 47.2 Å². The predicted molar refractivity (Wildman–Crippen MR) is 110 cm³/mol. The lowest BCUT2D eigenvalue weighted by Crippen LogP contribution is -2.06. The summed E-state index contributed by atoms with van der Waals surface area (Å²) in [5.74, 6) is 0.745. The molecule has 0 aliphatic carbocycles. The van der Waals surface area contributed by atoms with Gasteiger partial charge < -0.3 is 4.74 Å². The number of benzene rings is 3. The van der Waals surface area contributed by atoms with Crippen LogP contribution in [0.3, 0.4) is 0 Å². The van der Waals surface area contributed by atoms with E-state index in [2.05, 4.69) is 10.3 Å². The highest BCUT2D eigenvalue weighted by molar-refractivity contribution is 6.17. The van der Waals surface area contributed by atoms with Crippen molar-refractivity contribution >= 4 is 28.6 Å². The molecule has 0 spiro atoms. The van der Waals surface area contributed by atoms with Crippen molar-refractivity contribution < 1.29 is 9.53 Å². The summed E-state index contributed by atoms with van der Waals surface area (Å²) in [7, 11) is 1.62. The molecule has 0 amide bonds. The molecule has 0 radical (unpaired) electrons. The third-order valence-corrected chi connectivity index (χ3v) is 4.66. The number of aryl methyl sites for hydroxylation is 1. The van der Waals surface area contributed by atoms with Gasteiger partial charge in [0.25, 0.3) is 0 Å². The molecule has 4 rings (SSSR count). The summed E-state index contributed by atoms with van der Waals surface area (Å²) in [4.78, 5) is 12.2. The highest BCUT2D eigenvalue weighted by Gasteiger charge is 2.17. The molecule has 28 heavy (non-hydrogen) atoms. The zero-order valence-corrected chi connectivity index (χ0v) is 15.7. The second-order valence-electron chi connectivity index (χ2n) is 6.46. The van der Waals surface area contributed by atoms with Crippen LogP contribution in [-0.2, 0) is 4.79 Å². The van der Waals surface area contributed by atoms with Gasteiger partial charge in [-0.3, -0.25) is 4.79 Å². The highest BCUT2D eigenvalue weighted by atomic mass is 16.5. The summed E-state index contributed by atoms with van der Waals surface area (Å²) < 4.78 is 7.00. The van der Waals surface area contributed by atoms with Gasteiger partial charge in [0.05, 0.1) is 18.3 Å². The van der Waals surface area contributed by atoms with E-state index in [1.54, 1.807) is 11.8 Å². The lowest BCUT2D eigenvalue weighted by Gasteiger charge is -2.14. The number of nitrogens with zero attached hydrogens (tertiary/aromatic N) is 3. The third-order valence-electron chi connectivity index (χ3n) is 4.66. The van der Waals surface area contributed by atoms with Gasteiger partial charge in [-0.2, -0.15) is 0 Å². The van der Waals surface area contributed by atoms with Crippen molar-refractivity contribution in [3.05, 3.63) is 89.5 Å². The van der Waals surface area contributed by atoms with E-state index in [1.807, 2.05) is 79.7 Å². The van der Waals surface area contributed by atoms with Gasteiger partial charge in [-0.05, 0) is 48.9 Å². The number of carbonyl (C=O) groups is 1. The number of aldehydes is 1. The molecule has 0 fully saturated rings. The lowest BCUT2D eigenvalue weighted by atomic mass is 9.99. The minimum Gasteiger partial charge on any atom is -0.497 e. The van der Waals surface area contributed by atoms with Gasteiger partial charge in [0.2, 0.25) is 0 Å². The standard InChI is InChI=1S/C23H19N3O2/c1-16-7-9-17(10-8-16)20(15-27)23(18-11-13-19(28-2)14-12-18)26-22-6-4-3-5-21(22)24-25-26/h3-15H,1-2H3/b23-20-. The number of aromatic nitrogens is 3. The Morgan fingerprint density at radius 2 is 1.61 bits per heavy atom. The van der Waals surface area contributed by atoms with Crippen LogP contribution in [0.15, 0.2) is 72.8 Å². The van der Waals surface area contributed by atoms with Gasteiger partial charge in [0, 0.05) is 11.1 Å². The molecule has 0 N–H and O–H groups in total. The van der Waals surface area contributed by atoms with Crippen molar-refractivity contribution in [2.75, 3.05) is 7.11 Å². The SMILES string of the molecule is COc1ccc(/C(=C(\C=O)c2ccc(C)cc2)n2nnc3ccccc32)cc1. The van der Waals surface area contributed by atoms with Crippen molar-refractivity contribution in [2.24, 2.45) is 0 Å². The van der Waals surface area contributed by atoms with Crippen LogP contribution in [0.25, 0.3) is 22.3 Å². The number of hydrogen-bond donors (Lipinski definition) is 0. The van der Waals surface area contributed by atoms with Crippen LogP contribution in [0.5, 0.6) is 5.75 Å². The number of para-hydroxylation sites is 1. The Hall–Kier alpha value is -3.73. The summed E-state index contributed by atoms with van der Waals surface area (Å²) in [6, 6.07) is 23.1. The fourth-order valence-corrected chi connectivity index (χ4v) is 3.17. The number of hydrogen-bond acceptors (Lipinski definition) is 4. The van der Waals surface area contributed by atoms with Crippen LogP contribution >= 0.6 is 0 Å². The van der Waals surface area contributed by atoms with Gasteiger partial charge >= 0.3 is 0 Å². The molecule has 3 aromatic carbocycles. The second-order valence-corrected chi connectivity index (χ2v) is 6.46. The molecule has 5 nitrogen and oxygen atoms in total. The number of carbonyl (C=O) groups excluding carboxylic acids is 1. The Morgan fingerprint density at radius 3 is 2.29 bits per heavy atom. The number of ether oxygens (including phenoxy) is 1. The van der Waals surface area contributed by atoms with E-state index >= 15 is 0 Å². The summed E-state index contributed by atoms with van der Waals surface area (Å²) in [6.07, 6.45) is 0.876. The Morgan fingerprint density at radius 1 is 0.929 bits per heavy atom. The lowest BCUT2D eigenvalue weighted by molar-refractivity contribution is -0.103. The number of fused-ring (bicyclic) bond motifs is 1. The van der Waals surface area contributed by atoms with E-state index in [9.17, 15) is 4.79 Å². The first-order valence-corrected chi connectivity index (χ1v) is 8.93. The molecule has 0 aliphatic heterocycles. The second kappa shape index (κ2) is 7.48. The summed E-state index contributed by atoms with van der Waals surface area (Å²) >= 11 is 0. The Balaban J connectivity index is 2.02. The van der Waals surface area contributed by atoms with E-state index in [1.165, 1.54) is 0 Å². The van der Waals surface area contributed by atoms with Gasteiger partial charge in [-0.25, -0.2) is 4.68 Å². The molecule has 1 heterocycles. The van der Waals surface area contributed by atoms with E-state index in [4.69, 9.17) is 4.74 Å². The molecular formula is C23H19N3O2. The average Bonchev–Trinajstić information content (AvgIpc) is 3.17. The molecule has 138 valence electrons. The van der Waals surface area contributed by atoms with Crippen LogP contribution in [0.2, 0.25) is 0 Å². The zero-order chi connectivity index (χ0) is 19.5. The number of allylic oxidation sites excluding steroid dienone is 1. The Kier molecular flexibility index (Phi) is 4.72. The molecular weight excluding hydrogens is 350 g/mol. The van der Waals surface area contributed by atoms with Crippen LogP contribution in [0.1, 0.15) is 16.7 Å². The first kappa shape index (κ1) is 17.7. The Labute approximate surface area is 162 Å².